The molecule has 17 heavy (non-hydrogen) atoms. The van der Waals surface area contributed by atoms with E-state index in [1.54, 1.807) is 0 Å². The van der Waals surface area contributed by atoms with E-state index in [0.717, 1.165) is 48.9 Å². The largest absolute Gasteiger partial charge is 0.398 e. The smallest absolute Gasteiger partial charge is 0.0700 e. The van der Waals surface area contributed by atoms with Gasteiger partial charge in [-0.25, -0.2) is 0 Å². The highest BCUT2D eigenvalue weighted by Gasteiger charge is 2.19. The molecule has 1 unspecified atom stereocenters. The van der Waals surface area contributed by atoms with Crippen molar-refractivity contribution >= 4 is 17.3 Å². The first-order valence-electron chi connectivity index (χ1n) is 6.07. The lowest BCUT2D eigenvalue weighted by atomic mass is 10.1. The Balaban J connectivity index is 2.02. The summed E-state index contributed by atoms with van der Waals surface area (Å²) in [4.78, 5) is 2.37. The summed E-state index contributed by atoms with van der Waals surface area (Å²) in [5.74, 6) is 0. The Morgan fingerprint density at radius 1 is 1.53 bits per heavy atom. The number of benzene rings is 1. The fourth-order valence-corrected chi connectivity index (χ4v) is 2.32. The number of halogens is 1. The van der Waals surface area contributed by atoms with E-state index in [-0.39, 0.29) is 0 Å². The highest BCUT2D eigenvalue weighted by atomic mass is 35.5. The highest BCUT2D eigenvalue weighted by Crippen LogP contribution is 2.21. The standard InChI is InChI=1S/C13H19ClN2O/c1-2-12-9-16(5-6-17-12)8-10-7-11(14)3-4-13(10)15/h3-4,7,12H,2,5-6,8-9,15H2,1H3. The second kappa shape index (κ2) is 5.71. The Morgan fingerprint density at radius 2 is 2.35 bits per heavy atom. The minimum atomic E-state index is 0.351. The first-order chi connectivity index (χ1) is 8.19. The van der Waals surface area contributed by atoms with Crippen molar-refractivity contribution in [3.05, 3.63) is 28.8 Å². The number of hydrogen-bond donors (Lipinski definition) is 1. The molecule has 1 aromatic carbocycles. The van der Waals surface area contributed by atoms with Gasteiger partial charge in [0.1, 0.15) is 0 Å². The molecule has 0 aliphatic carbocycles. The van der Waals surface area contributed by atoms with Crippen LogP contribution in [0.2, 0.25) is 5.02 Å². The summed E-state index contributed by atoms with van der Waals surface area (Å²) in [6.07, 6.45) is 1.41. The fourth-order valence-electron chi connectivity index (χ4n) is 2.12. The maximum Gasteiger partial charge on any atom is 0.0700 e. The third-order valence-electron chi connectivity index (χ3n) is 3.18. The molecular formula is C13H19ClN2O. The van der Waals surface area contributed by atoms with Crippen LogP contribution in [0.5, 0.6) is 0 Å². The van der Waals surface area contributed by atoms with Crippen molar-refractivity contribution in [2.75, 3.05) is 25.4 Å². The van der Waals surface area contributed by atoms with Crippen LogP contribution < -0.4 is 5.73 Å². The molecule has 1 aliphatic heterocycles. The molecule has 4 heteroatoms. The summed E-state index contributed by atoms with van der Waals surface area (Å²) in [6.45, 7) is 5.75. The van der Waals surface area contributed by atoms with Crippen molar-refractivity contribution in [1.82, 2.24) is 4.90 Å². The van der Waals surface area contributed by atoms with Gasteiger partial charge in [-0.2, -0.15) is 0 Å². The van der Waals surface area contributed by atoms with Crippen molar-refractivity contribution in [2.24, 2.45) is 0 Å². The van der Waals surface area contributed by atoms with Crippen LogP contribution in [0.25, 0.3) is 0 Å². The molecule has 1 atom stereocenters. The van der Waals surface area contributed by atoms with Gasteiger partial charge >= 0.3 is 0 Å². The fraction of sp³-hybridized carbons (Fsp3) is 0.538. The van der Waals surface area contributed by atoms with Crippen LogP contribution in [-0.4, -0.2) is 30.7 Å². The number of anilines is 1. The first-order valence-corrected chi connectivity index (χ1v) is 6.44. The van der Waals surface area contributed by atoms with E-state index in [1.807, 2.05) is 18.2 Å². The lowest BCUT2D eigenvalue weighted by Gasteiger charge is -2.32. The third kappa shape index (κ3) is 3.35. The molecule has 1 aromatic rings. The van der Waals surface area contributed by atoms with Gasteiger partial charge in [-0.3, -0.25) is 4.90 Å². The van der Waals surface area contributed by atoms with Gasteiger partial charge in [-0.15, -0.1) is 0 Å². The van der Waals surface area contributed by atoms with Crippen LogP contribution in [-0.2, 0) is 11.3 Å². The molecular weight excluding hydrogens is 236 g/mol. The Bertz CT molecular complexity index is 384. The molecule has 1 saturated heterocycles. The molecule has 1 fully saturated rings. The summed E-state index contributed by atoms with van der Waals surface area (Å²) in [5, 5.41) is 0.745. The van der Waals surface area contributed by atoms with E-state index in [1.165, 1.54) is 0 Å². The van der Waals surface area contributed by atoms with E-state index in [9.17, 15) is 0 Å². The average Bonchev–Trinajstić information content (AvgIpc) is 2.34. The van der Waals surface area contributed by atoms with Crippen LogP contribution in [0.4, 0.5) is 5.69 Å². The number of nitrogen functional groups attached to an aromatic ring is 1. The van der Waals surface area contributed by atoms with E-state index in [4.69, 9.17) is 22.1 Å². The van der Waals surface area contributed by atoms with Crippen LogP contribution >= 0.6 is 11.6 Å². The summed E-state index contributed by atoms with van der Waals surface area (Å²) in [5.41, 5.74) is 7.88. The van der Waals surface area contributed by atoms with Gasteiger partial charge in [0.15, 0.2) is 0 Å². The molecule has 0 aromatic heterocycles. The monoisotopic (exact) mass is 254 g/mol. The molecule has 2 N–H and O–H groups in total. The Morgan fingerprint density at radius 3 is 3.12 bits per heavy atom. The summed E-state index contributed by atoms with van der Waals surface area (Å²) < 4.78 is 5.65. The lowest BCUT2D eigenvalue weighted by molar-refractivity contribution is -0.0324. The van der Waals surface area contributed by atoms with E-state index in [2.05, 4.69) is 11.8 Å². The third-order valence-corrected chi connectivity index (χ3v) is 3.41. The van der Waals surface area contributed by atoms with Gasteiger partial charge < -0.3 is 10.5 Å². The van der Waals surface area contributed by atoms with E-state index in [0.29, 0.717) is 6.10 Å². The number of nitrogens with zero attached hydrogens (tertiary/aromatic N) is 1. The van der Waals surface area contributed by atoms with Crippen molar-refractivity contribution in [3.8, 4) is 0 Å². The Labute approximate surface area is 107 Å². The quantitative estimate of drug-likeness (QED) is 0.843. The molecule has 1 aliphatic rings. The zero-order chi connectivity index (χ0) is 12.3. The summed E-state index contributed by atoms with van der Waals surface area (Å²) >= 11 is 5.99. The van der Waals surface area contributed by atoms with Gasteiger partial charge in [0.05, 0.1) is 12.7 Å². The molecule has 3 nitrogen and oxygen atoms in total. The van der Waals surface area contributed by atoms with Crippen molar-refractivity contribution in [3.63, 3.8) is 0 Å². The minimum Gasteiger partial charge on any atom is -0.398 e. The second-order valence-electron chi connectivity index (χ2n) is 4.48. The Hall–Kier alpha value is -0.770. The molecule has 2 rings (SSSR count). The summed E-state index contributed by atoms with van der Waals surface area (Å²) in [6, 6.07) is 5.65. The molecule has 0 bridgehead atoms. The summed E-state index contributed by atoms with van der Waals surface area (Å²) in [7, 11) is 0. The maximum atomic E-state index is 5.99. The molecule has 1 heterocycles. The number of nitrogens with two attached hydrogens (primary N) is 1. The number of hydrogen-bond acceptors (Lipinski definition) is 3. The maximum absolute atomic E-state index is 5.99. The molecule has 94 valence electrons. The zero-order valence-electron chi connectivity index (χ0n) is 10.2. The van der Waals surface area contributed by atoms with Gasteiger partial charge in [0, 0.05) is 30.3 Å². The van der Waals surface area contributed by atoms with E-state index < -0.39 is 0 Å². The molecule has 0 spiro atoms. The SMILES string of the molecule is CCC1CN(Cc2cc(Cl)ccc2N)CCO1. The van der Waals surface area contributed by atoms with Gasteiger partial charge in [-0.05, 0) is 30.2 Å². The van der Waals surface area contributed by atoms with Crippen molar-refractivity contribution < 1.29 is 4.74 Å². The predicted molar refractivity (Wildman–Crippen MR) is 71.2 cm³/mol. The molecule has 0 saturated carbocycles. The van der Waals surface area contributed by atoms with Crippen LogP contribution in [0.15, 0.2) is 18.2 Å². The average molecular weight is 255 g/mol. The number of ether oxygens (including phenoxy) is 1. The van der Waals surface area contributed by atoms with Crippen LogP contribution in [0.1, 0.15) is 18.9 Å². The van der Waals surface area contributed by atoms with Gasteiger partial charge in [0.2, 0.25) is 0 Å². The topological polar surface area (TPSA) is 38.5 Å². The lowest BCUT2D eigenvalue weighted by Crippen LogP contribution is -2.41. The predicted octanol–water partition coefficient (Wildman–Crippen LogP) is 2.53. The number of morpholine rings is 1. The van der Waals surface area contributed by atoms with Crippen LogP contribution in [0, 0.1) is 0 Å². The minimum absolute atomic E-state index is 0.351. The molecule has 0 radical (unpaired) electrons. The highest BCUT2D eigenvalue weighted by molar-refractivity contribution is 6.30. The zero-order valence-corrected chi connectivity index (χ0v) is 10.9. The van der Waals surface area contributed by atoms with Gasteiger partial charge in [-0.1, -0.05) is 18.5 Å². The second-order valence-corrected chi connectivity index (χ2v) is 4.92. The van der Waals surface area contributed by atoms with Crippen molar-refractivity contribution in [1.29, 1.82) is 0 Å². The Kier molecular flexibility index (Phi) is 4.26. The van der Waals surface area contributed by atoms with Crippen LogP contribution in [0.3, 0.4) is 0 Å². The normalized spacial score (nSPS) is 21.6. The first kappa shape index (κ1) is 12.7. The number of rotatable bonds is 3. The van der Waals surface area contributed by atoms with E-state index >= 15 is 0 Å². The molecule has 0 amide bonds. The van der Waals surface area contributed by atoms with Gasteiger partial charge in [0.25, 0.3) is 0 Å². The van der Waals surface area contributed by atoms with Crippen molar-refractivity contribution in [2.45, 2.75) is 26.0 Å².